The maximum absolute atomic E-state index is 13.7. The number of carbonyl (C=O) groups excluding carboxylic acids is 1. The van der Waals surface area contributed by atoms with Crippen molar-refractivity contribution < 1.29 is 13.6 Å². The van der Waals surface area contributed by atoms with Crippen LogP contribution < -0.4 is 0 Å². The van der Waals surface area contributed by atoms with Crippen molar-refractivity contribution in [1.29, 1.82) is 0 Å². The molecule has 0 N–H and O–H groups in total. The molecule has 2 fully saturated rings. The van der Waals surface area contributed by atoms with Crippen LogP contribution in [-0.2, 0) is 6.54 Å². The number of halogens is 2. The number of pyridine rings is 1. The monoisotopic (exact) mass is 433 g/mol. The lowest BCUT2D eigenvalue weighted by Gasteiger charge is -2.39. The van der Waals surface area contributed by atoms with Crippen molar-refractivity contribution in [2.45, 2.75) is 24.9 Å². The van der Waals surface area contributed by atoms with Gasteiger partial charge in [-0.3, -0.25) is 14.7 Å². The van der Waals surface area contributed by atoms with Crippen LogP contribution in [0, 0.1) is 17.6 Å². The zero-order valence-corrected chi connectivity index (χ0v) is 17.7. The molecule has 3 aromatic rings. The second-order valence-electron chi connectivity index (χ2n) is 8.74. The quantitative estimate of drug-likeness (QED) is 0.608. The highest BCUT2D eigenvalue weighted by atomic mass is 19.1. The maximum Gasteiger partial charge on any atom is 0.254 e. The van der Waals surface area contributed by atoms with Crippen LogP contribution in [0.15, 0.2) is 73.1 Å². The Kier molecular flexibility index (Phi) is 5.70. The molecule has 3 atom stereocenters. The fraction of sp³-hybridized carbons (Fsp3) is 0.308. The number of amides is 1. The smallest absolute Gasteiger partial charge is 0.254 e. The number of nitrogens with zero attached hydrogens (tertiary/aromatic N) is 3. The van der Waals surface area contributed by atoms with E-state index in [-0.39, 0.29) is 35.4 Å². The average molecular weight is 434 g/mol. The fourth-order valence-electron chi connectivity index (χ4n) is 5.30. The first kappa shape index (κ1) is 20.8. The lowest BCUT2D eigenvalue weighted by atomic mass is 9.81. The first-order valence-electron chi connectivity index (χ1n) is 11.0. The molecule has 2 aromatic carbocycles. The molecule has 2 aliphatic rings. The van der Waals surface area contributed by atoms with E-state index < -0.39 is 0 Å². The van der Waals surface area contributed by atoms with Gasteiger partial charge >= 0.3 is 0 Å². The number of benzene rings is 2. The Morgan fingerprint density at radius 1 is 0.969 bits per heavy atom. The number of carbonyl (C=O) groups is 1. The number of aromatic nitrogens is 1. The highest BCUT2D eigenvalue weighted by molar-refractivity contribution is 5.94. The molecule has 32 heavy (non-hydrogen) atoms. The van der Waals surface area contributed by atoms with Gasteiger partial charge in [-0.1, -0.05) is 24.3 Å². The van der Waals surface area contributed by atoms with Gasteiger partial charge in [0.15, 0.2) is 0 Å². The standard InChI is InChI=1S/C26H25F2N3O/c27-21-6-4-19(5-7-21)23-17-31(26(32)20-8-11-29-12-9-20)25-10-13-30(16-24(23)25)15-18-2-1-3-22(28)14-18/h1-9,11-12,14,23-25H,10,13,15-17H2/t23-,24-,25-/m0/s1. The number of piperidine rings is 1. The predicted molar refractivity (Wildman–Crippen MR) is 118 cm³/mol. The minimum absolute atomic E-state index is 0.0191. The summed E-state index contributed by atoms with van der Waals surface area (Å²) in [7, 11) is 0. The molecule has 2 aliphatic heterocycles. The van der Waals surface area contributed by atoms with Crippen molar-refractivity contribution in [2.24, 2.45) is 5.92 Å². The van der Waals surface area contributed by atoms with E-state index in [0.717, 1.165) is 30.6 Å². The largest absolute Gasteiger partial charge is 0.335 e. The van der Waals surface area contributed by atoms with Gasteiger partial charge in [-0.25, -0.2) is 8.78 Å². The lowest BCUT2D eigenvalue weighted by Crippen LogP contribution is -2.47. The summed E-state index contributed by atoms with van der Waals surface area (Å²) in [6, 6.07) is 17.0. The SMILES string of the molecule is O=C(c1ccncc1)N1C[C@@H](c2ccc(F)cc2)[C@@H]2CN(Cc3cccc(F)c3)CC[C@@H]21. The summed E-state index contributed by atoms with van der Waals surface area (Å²) in [6.45, 7) is 2.93. The number of likely N-dealkylation sites (tertiary alicyclic amines) is 2. The number of fused-ring (bicyclic) bond motifs is 1. The molecule has 1 amide bonds. The minimum Gasteiger partial charge on any atom is -0.335 e. The van der Waals surface area contributed by atoms with E-state index in [4.69, 9.17) is 0 Å². The fourth-order valence-corrected chi connectivity index (χ4v) is 5.30. The van der Waals surface area contributed by atoms with E-state index in [2.05, 4.69) is 9.88 Å². The molecule has 164 valence electrons. The normalized spacial score (nSPS) is 23.2. The van der Waals surface area contributed by atoms with Crippen molar-refractivity contribution in [3.8, 4) is 0 Å². The zero-order valence-electron chi connectivity index (χ0n) is 17.7. The average Bonchev–Trinajstić information content (AvgIpc) is 3.18. The Labute approximate surface area is 186 Å². The molecule has 0 bridgehead atoms. The molecule has 3 heterocycles. The van der Waals surface area contributed by atoms with Gasteiger partial charge in [0.1, 0.15) is 11.6 Å². The van der Waals surface area contributed by atoms with Gasteiger partial charge in [0.25, 0.3) is 5.91 Å². The first-order valence-corrected chi connectivity index (χ1v) is 11.0. The van der Waals surface area contributed by atoms with Crippen LogP contribution in [0.4, 0.5) is 8.78 Å². The molecule has 0 unspecified atom stereocenters. The molecule has 5 rings (SSSR count). The van der Waals surface area contributed by atoms with Crippen LogP contribution in [0.3, 0.4) is 0 Å². The van der Waals surface area contributed by atoms with Crippen molar-refractivity contribution in [3.63, 3.8) is 0 Å². The van der Waals surface area contributed by atoms with Gasteiger partial charge in [-0.05, 0) is 53.9 Å². The maximum atomic E-state index is 13.7. The van der Waals surface area contributed by atoms with Gasteiger partial charge in [0.05, 0.1) is 0 Å². The van der Waals surface area contributed by atoms with Gasteiger partial charge in [0.2, 0.25) is 0 Å². The Morgan fingerprint density at radius 3 is 2.50 bits per heavy atom. The number of rotatable bonds is 4. The van der Waals surface area contributed by atoms with Gasteiger partial charge < -0.3 is 4.90 Å². The summed E-state index contributed by atoms with van der Waals surface area (Å²) in [5.41, 5.74) is 2.64. The van der Waals surface area contributed by atoms with Crippen molar-refractivity contribution in [3.05, 3.63) is 101 Å². The third-order valence-corrected chi connectivity index (χ3v) is 6.80. The summed E-state index contributed by atoms with van der Waals surface area (Å²) >= 11 is 0. The van der Waals surface area contributed by atoms with Crippen LogP contribution in [0.1, 0.15) is 33.8 Å². The van der Waals surface area contributed by atoms with E-state index in [9.17, 15) is 13.6 Å². The minimum atomic E-state index is -0.260. The molecular weight excluding hydrogens is 408 g/mol. The van der Waals surface area contributed by atoms with Gasteiger partial charge in [-0.15, -0.1) is 0 Å². The van der Waals surface area contributed by atoms with Gasteiger partial charge in [0, 0.05) is 62.0 Å². The van der Waals surface area contributed by atoms with E-state index >= 15 is 0 Å². The van der Waals surface area contributed by atoms with Crippen LogP contribution in [0.2, 0.25) is 0 Å². The van der Waals surface area contributed by atoms with Crippen LogP contribution >= 0.6 is 0 Å². The molecule has 0 spiro atoms. The van der Waals surface area contributed by atoms with Crippen molar-refractivity contribution in [2.75, 3.05) is 19.6 Å². The molecule has 0 radical (unpaired) electrons. The topological polar surface area (TPSA) is 36.4 Å². The zero-order chi connectivity index (χ0) is 22.1. The second-order valence-corrected chi connectivity index (χ2v) is 8.74. The molecule has 2 saturated heterocycles. The molecule has 0 aliphatic carbocycles. The summed E-state index contributed by atoms with van der Waals surface area (Å²) < 4.78 is 27.2. The Balaban J connectivity index is 1.41. The lowest BCUT2D eigenvalue weighted by molar-refractivity contribution is 0.0613. The Bertz CT molecular complexity index is 1090. The molecule has 1 aromatic heterocycles. The second kappa shape index (κ2) is 8.79. The molecular formula is C26H25F2N3O. The van der Waals surface area contributed by atoms with E-state index in [0.29, 0.717) is 18.7 Å². The highest BCUT2D eigenvalue weighted by Gasteiger charge is 2.47. The first-order chi connectivity index (χ1) is 15.6. The van der Waals surface area contributed by atoms with E-state index in [1.807, 2.05) is 23.1 Å². The summed E-state index contributed by atoms with van der Waals surface area (Å²) in [6.07, 6.45) is 4.13. The molecule has 4 nitrogen and oxygen atoms in total. The third-order valence-electron chi connectivity index (χ3n) is 6.80. The summed E-state index contributed by atoms with van der Waals surface area (Å²) in [5.74, 6) is -0.109. The van der Waals surface area contributed by atoms with Crippen LogP contribution in [0.5, 0.6) is 0 Å². The molecule has 6 heteroatoms. The predicted octanol–water partition coefficient (Wildman–Crippen LogP) is 4.49. The van der Waals surface area contributed by atoms with Crippen LogP contribution in [0.25, 0.3) is 0 Å². The Hall–Kier alpha value is -3.12. The van der Waals surface area contributed by atoms with Crippen LogP contribution in [-0.4, -0.2) is 46.4 Å². The molecule has 0 saturated carbocycles. The highest BCUT2D eigenvalue weighted by Crippen LogP contribution is 2.42. The number of hydrogen-bond donors (Lipinski definition) is 0. The summed E-state index contributed by atoms with van der Waals surface area (Å²) in [5, 5.41) is 0. The van der Waals surface area contributed by atoms with Crippen molar-refractivity contribution in [1.82, 2.24) is 14.8 Å². The van der Waals surface area contributed by atoms with E-state index in [1.165, 1.54) is 18.2 Å². The van der Waals surface area contributed by atoms with Gasteiger partial charge in [-0.2, -0.15) is 0 Å². The third kappa shape index (κ3) is 4.15. The summed E-state index contributed by atoms with van der Waals surface area (Å²) in [4.78, 5) is 21.7. The van der Waals surface area contributed by atoms with Crippen molar-refractivity contribution >= 4 is 5.91 Å². The Morgan fingerprint density at radius 2 is 1.75 bits per heavy atom. The van der Waals surface area contributed by atoms with E-state index in [1.54, 1.807) is 36.7 Å². The number of hydrogen-bond acceptors (Lipinski definition) is 3.